The van der Waals surface area contributed by atoms with Gasteiger partial charge in [0.15, 0.2) is 0 Å². The zero-order valence-corrected chi connectivity index (χ0v) is 16.5. The molecule has 120 valence electrons. The Balaban J connectivity index is 2.32. The second kappa shape index (κ2) is 7.81. The van der Waals surface area contributed by atoms with E-state index in [2.05, 4.69) is 48.1 Å². The van der Waals surface area contributed by atoms with Crippen LogP contribution in [0, 0.1) is 11.3 Å². The van der Waals surface area contributed by atoms with Gasteiger partial charge in [-0.1, -0.05) is 45.2 Å². The maximum absolute atomic E-state index is 6.31. The highest BCUT2D eigenvalue weighted by Gasteiger charge is 2.42. The molecule has 1 aliphatic rings. The van der Waals surface area contributed by atoms with Gasteiger partial charge in [0.05, 0.1) is 0 Å². The topological polar surface area (TPSA) is 12.0 Å². The van der Waals surface area contributed by atoms with Gasteiger partial charge < -0.3 is 5.32 Å². The molecule has 1 saturated carbocycles. The summed E-state index contributed by atoms with van der Waals surface area (Å²) in [6.07, 6.45) is 7.92. The summed E-state index contributed by atoms with van der Waals surface area (Å²) in [5.41, 5.74) is 0.414. The molecule has 1 unspecified atom stereocenters. The van der Waals surface area contributed by atoms with Gasteiger partial charge in [0.1, 0.15) is 4.34 Å². The normalized spacial score (nSPS) is 19.3. The van der Waals surface area contributed by atoms with E-state index >= 15 is 0 Å². The Morgan fingerprint density at radius 2 is 2.05 bits per heavy atom. The van der Waals surface area contributed by atoms with Gasteiger partial charge in [-0.05, 0) is 65.6 Å². The zero-order valence-electron chi connectivity index (χ0n) is 13.3. The number of hydrogen-bond acceptors (Lipinski definition) is 2. The minimum Gasteiger partial charge on any atom is -0.309 e. The second-order valence-electron chi connectivity index (χ2n) is 6.82. The molecule has 0 saturated heterocycles. The molecule has 1 aliphatic carbocycles. The maximum atomic E-state index is 6.31. The van der Waals surface area contributed by atoms with Crippen LogP contribution in [0.4, 0.5) is 0 Å². The molecule has 2 rings (SSSR count). The summed E-state index contributed by atoms with van der Waals surface area (Å²) in [7, 11) is 0. The molecule has 1 aromatic heterocycles. The Bertz CT molecular complexity index is 432. The van der Waals surface area contributed by atoms with Crippen LogP contribution in [0.5, 0.6) is 0 Å². The summed E-state index contributed by atoms with van der Waals surface area (Å²) in [4.78, 5) is 1.41. The van der Waals surface area contributed by atoms with Gasteiger partial charge in [0, 0.05) is 15.4 Å². The average Bonchev–Trinajstić information content (AvgIpc) is 2.98. The van der Waals surface area contributed by atoms with Crippen molar-refractivity contribution in [2.24, 2.45) is 11.3 Å². The summed E-state index contributed by atoms with van der Waals surface area (Å²) in [6.45, 7) is 8.03. The summed E-state index contributed by atoms with van der Waals surface area (Å²) >= 11 is 11.6. The van der Waals surface area contributed by atoms with Crippen molar-refractivity contribution in [3.63, 3.8) is 0 Å². The van der Waals surface area contributed by atoms with Crippen molar-refractivity contribution in [3.05, 3.63) is 19.8 Å². The Hall–Kier alpha value is 0.430. The summed E-state index contributed by atoms with van der Waals surface area (Å²) < 4.78 is 1.93. The van der Waals surface area contributed by atoms with E-state index in [4.69, 9.17) is 11.6 Å². The van der Waals surface area contributed by atoms with Crippen molar-refractivity contribution in [3.8, 4) is 0 Å². The van der Waals surface area contributed by atoms with Gasteiger partial charge in [-0.2, -0.15) is 0 Å². The Morgan fingerprint density at radius 3 is 2.52 bits per heavy atom. The molecule has 0 aromatic carbocycles. The lowest BCUT2D eigenvalue weighted by Crippen LogP contribution is -2.37. The first-order chi connectivity index (χ1) is 9.98. The lowest BCUT2D eigenvalue weighted by Gasteiger charge is -2.39. The van der Waals surface area contributed by atoms with Crippen LogP contribution in [0.15, 0.2) is 10.5 Å². The van der Waals surface area contributed by atoms with Gasteiger partial charge in [0.25, 0.3) is 0 Å². The lowest BCUT2D eigenvalue weighted by molar-refractivity contribution is 0.158. The first kappa shape index (κ1) is 17.8. The Labute approximate surface area is 147 Å². The van der Waals surface area contributed by atoms with Gasteiger partial charge in [-0.25, -0.2) is 0 Å². The Kier molecular flexibility index (Phi) is 6.61. The molecule has 0 radical (unpaired) electrons. The van der Waals surface area contributed by atoms with Gasteiger partial charge >= 0.3 is 0 Å². The third-order valence-electron chi connectivity index (χ3n) is 4.57. The van der Waals surface area contributed by atoms with E-state index in [-0.39, 0.29) is 0 Å². The first-order valence-electron chi connectivity index (χ1n) is 8.16. The fourth-order valence-electron chi connectivity index (χ4n) is 3.92. The van der Waals surface area contributed by atoms with Gasteiger partial charge in [-0.3, -0.25) is 0 Å². The largest absolute Gasteiger partial charge is 0.309 e. The monoisotopic (exact) mass is 391 g/mol. The van der Waals surface area contributed by atoms with Crippen LogP contribution in [-0.4, -0.2) is 6.54 Å². The van der Waals surface area contributed by atoms with Crippen LogP contribution in [0.25, 0.3) is 0 Å². The highest BCUT2D eigenvalue weighted by Crippen LogP contribution is 2.53. The molecule has 0 aliphatic heterocycles. The van der Waals surface area contributed by atoms with Crippen molar-refractivity contribution in [2.75, 3.05) is 6.54 Å². The number of hydrogen-bond donors (Lipinski definition) is 1. The molecular weight excluding hydrogens is 366 g/mol. The van der Waals surface area contributed by atoms with E-state index in [0.717, 1.165) is 21.3 Å². The molecule has 1 heterocycles. The highest BCUT2D eigenvalue weighted by atomic mass is 79.9. The number of rotatable bonds is 7. The lowest BCUT2D eigenvalue weighted by atomic mass is 9.72. The molecular formula is C17H27BrClNS. The third kappa shape index (κ3) is 4.25. The summed E-state index contributed by atoms with van der Waals surface area (Å²) in [6, 6.07) is 2.69. The minimum atomic E-state index is 0.414. The van der Waals surface area contributed by atoms with Crippen LogP contribution in [0.1, 0.15) is 70.2 Å². The molecule has 0 spiro atoms. The molecule has 21 heavy (non-hydrogen) atoms. The second-order valence-corrected chi connectivity index (χ2v) is 9.37. The van der Waals surface area contributed by atoms with E-state index in [1.807, 2.05) is 0 Å². The number of halogens is 2. The standard InChI is InChI=1S/C17H27BrClNS/c1-4-9-20-15(14-10-13(18)16(19)21-14)17(11-12(2)3)7-5-6-8-17/h10,12,15,20H,4-9,11H2,1-3H3. The highest BCUT2D eigenvalue weighted by molar-refractivity contribution is 9.10. The average molecular weight is 393 g/mol. The summed E-state index contributed by atoms with van der Waals surface area (Å²) in [5.74, 6) is 0.743. The smallest absolute Gasteiger partial charge is 0.107 e. The molecule has 0 bridgehead atoms. The van der Waals surface area contributed by atoms with Crippen molar-refractivity contribution in [1.29, 1.82) is 0 Å². The predicted octanol–water partition coefficient (Wildman–Crippen LogP) is 6.81. The molecule has 4 heteroatoms. The van der Waals surface area contributed by atoms with Crippen LogP contribution in [-0.2, 0) is 0 Å². The molecule has 1 fully saturated rings. The Morgan fingerprint density at radius 1 is 1.38 bits per heavy atom. The van der Waals surface area contributed by atoms with E-state index in [9.17, 15) is 0 Å². The van der Waals surface area contributed by atoms with Gasteiger partial charge in [0.2, 0.25) is 0 Å². The number of nitrogens with one attached hydrogen (secondary N) is 1. The molecule has 1 nitrogen and oxygen atoms in total. The van der Waals surface area contributed by atoms with Crippen LogP contribution in [0.3, 0.4) is 0 Å². The maximum Gasteiger partial charge on any atom is 0.107 e. The SMILES string of the molecule is CCCNC(c1cc(Br)c(Cl)s1)C1(CC(C)C)CCCC1. The first-order valence-corrected chi connectivity index (χ1v) is 10.2. The van der Waals surface area contributed by atoms with E-state index in [0.29, 0.717) is 11.5 Å². The van der Waals surface area contributed by atoms with Gasteiger partial charge in [-0.15, -0.1) is 11.3 Å². The molecule has 1 N–H and O–H groups in total. The van der Waals surface area contributed by atoms with Crippen molar-refractivity contribution in [1.82, 2.24) is 5.32 Å². The predicted molar refractivity (Wildman–Crippen MR) is 98.4 cm³/mol. The summed E-state index contributed by atoms with van der Waals surface area (Å²) in [5, 5.41) is 3.85. The van der Waals surface area contributed by atoms with Crippen LogP contribution < -0.4 is 5.32 Å². The van der Waals surface area contributed by atoms with E-state index in [1.54, 1.807) is 11.3 Å². The van der Waals surface area contributed by atoms with Crippen LogP contribution in [0.2, 0.25) is 4.34 Å². The van der Waals surface area contributed by atoms with E-state index in [1.165, 1.54) is 43.4 Å². The van der Waals surface area contributed by atoms with Crippen molar-refractivity contribution < 1.29 is 0 Å². The third-order valence-corrected chi connectivity index (χ3v) is 7.11. The molecule has 1 atom stereocenters. The van der Waals surface area contributed by atoms with Crippen molar-refractivity contribution in [2.45, 2.75) is 65.3 Å². The van der Waals surface area contributed by atoms with E-state index < -0.39 is 0 Å². The van der Waals surface area contributed by atoms with Crippen molar-refractivity contribution >= 4 is 38.9 Å². The minimum absolute atomic E-state index is 0.414. The fourth-order valence-corrected chi connectivity index (χ4v) is 5.87. The fraction of sp³-hybridized carbons (Fsp3) is 0.765. The molecule has 1 aromatic rings. The zero-order chi connectivity index (χ0) is 15.5. The number of thiophene rings is 1. The van der Waals surface area contributed by atoms with Crippen LogP contribution >= 0.6 is 38.9 Å². The quantitative estimate of drug-likeness (QED) is 0.537. The molecule has 0 amide bonds.